The van der Waals surface area contributed by atoms with Gasteiger partial charge in [-0.3, -0.25) is 9.98 Å². The van der Waals surface area contributed by atoms with Crippen molar-refractivity contribution in [3.8, 4) is 0 Å². The van der Waals surface area contributed by atoms with Gasteiger partial charge in [-0.05, 0) is 59.0 Å². The molecular formula is C25H20N2. The van der Waals surface area contributed by atoms with Crippen molar-refractivity contribution < 1.29 is 0 Å². The van der Waals surface area contributed by atoms with E-state index in [1.54, 1.807) is 0 Å². The fourth-order valence-corrected chi connectivity index (χ4v) is 3.88. The zero-order valence-electron chi connectivity index (χ0n) is 15.1. The second kappa shape index (κ2) is 6.81. The zero-order valence-corrected chi connectivity index (χ0v) is 15.1. The number of fused-ring (bicyclic) bond motifs is 2. The first kappa shape index (κ1) is 16.0. The lowest BCUT2D eigenvalue weighted by atomic mass is 9.92. The van der Waals surface area contributed by atoms with Gasteiger partial charge >= 0.3 is 0 Å². The molecule has 5 rings (SSSR count). The zero-order chi connectivity index (χ0) is 18.1. The summed E-state index contributed by atoms with van der Waals surface area (Å²) in [7, 11) is 0. The van der Waals surface area contributed by atoms with Gasteiger partial charge < -0.3 is 0 Å². The maximum atomic E-state index is 4.89. The van der Waals surface area contributed by atoms with E-state index in [9.17, 15) is 0 Å². The molecule has 0 saturated heterocycles. The second-order valence-corrected chi connectivity index (χ2v) is 6.98. The summed E-state index contributed by atoms with van der Waals surface area (Å²) in [5.41, 5.74) is 5.92. The average Bonchev–Trinajstić information content (AvgIpc) is 2.74. The molecule has 0 amide bonds. The molecular weight excluding hydrogens is 328 g/mol. The highest BCUT2D eigenvalue weighted by Crippen LogP contribution is 2.27. The topological polar surface area (TPSA) is 25.2 Å². The molecule has 2 heteroatoms. The van der Waals surface area contributed by atoms with Crippen LogP contribution >= 0.6 is 0 Å². The van der Waals surface area contributed by atoms with Crippen molar-refractivity contribution in [1.82, 2.24) is 4.98 Å². The highest BCUT2D eigenvalue weighted by atomic mass is 14.8. The Bertz CT molecular complexity index is 1200. The van der Waals surface area contributed by atoms with Crippen LogP contribution in [0.2, 0.25) is 0 Å². The number of aromatic nitrogens is 1. The molecule has 0 bridgehead atoms. The van der Waals surface area contributed by atoms with Gasteiger partial charge in [-0.15, -0.1) is 0 Å². The Labute approximate surface area is 158 Å². The van der Waals surface area contributed by atoms with E-state index >= 15 is 0 Å². The molecule has 0 aliphatic carbocycles. The van der Waals surface area contributed by atoms with Crippen LogP contribution in [0, 0.1) is 0 Å². The van der Waals surface area contributed by atoms with Gasteiger partial charge in [0.1, 0.15) is 0 Å². The summed E-state index contributed by atoms with van der Waals surface area (Å²) in [5.74, 6) is 0. The summed E-state index contributed by atoms with van der Waals surface area (Å²) < 4.78 is 0. The lowest BCUT2D eigenvalue weighted by Gasteiger charge is -2.17. The van der Waals surface area contributed by atoms with E-state index in [1.165, 1.54) is 27.5 Å². The fraction of sp³-hybridized carbons (Fsp3) is 0.120. The van der Waals surface area contributed by atoms with Gasteiger partial charge in [0.15, 0.2) is 0 Å². The number of benzene rings is 3. The molecule has 0 radical (unpaired) electrons. The first-order valence-corrected chi connectivity index (χ1v) is 9.47. The third kappa shape index (κ3) is 3.04. The Morgan fingerprint density at radius 2 is 1.70 bits per heavy atom. The van der Waals surface area contributed by atoms with Gasteiger partial charge in [0.2, 0.25) is 0 Å². The molecule has 0 atom stereocenters. The van der Waals surface area contributed by atoms with Crippen LogP contribution in [0.25, 0.3) is 27.8 Å². The Hall–Kier alpha value is -3.26. The fourth-order valence-electron chi connectivity index (χ4n) is 3.88. The number of hydrogen-bond acceptors (Lipinski definition) is 2. The van der Waals surface area contributed by atoms with Crippen LogP contribution < -0.4 is 0 Å². The van der Waals surface area contributed by atoms with Gasteiger partial charge in [0.05, 0.1) is 11.2 Å². The summed E-state index contributed by atoms with van der Waals surface area (Å²) in [4.78, 5) is 9.33. The number of hydrogen-bond donors (Lipinski definition) is 0. The van der Waals surface area contributed by atoms with Gasteiger partial charge in [-0.25, -0.2) is 0 Å². The smallest absolute Gasteiger partial charge is 0.0702 e. The molecule has 0 saturated carbocycles. The van der Waals surface area contributed by atoms with Crippen LogP contribution in [0.1, 0.15) is 24.0 Å². The summed E-state index contributed by atoms with van der Waals surface area (Å²) in [5, 5.41) is 3.73. The summed E-state index contributed by atoms with van der Waals surface area (Å²) in [6.45, 7) is 0.896. The second-order valence-electron chi connectivity index (χ2n) is 6.98. The highest BCUT2D eigenvalue weighted by molar-refractivity contribution is 6.17. The normalized spacial score (nSPS) is 16.0. The first-order valence-electron chi connectivity index (χ1n) is 9.47. The number of rotatable bonds is 2. The van der Waals surface area contributed by atoms with Gasteiger partial charge in [-0.2, -0.15) is 0 Å². The molecule has 0 N–H and O–H groups in total. The molecule has 2 nitrogen and oxygen atoms in total. The Morgan fingerprint density at radius 3 is 2.70 bits per heavy atom. The number of allylic oxidation sites excluding steroid dienone is 1. The maximum absolute atomic E-state index is 4.89. The number of pyridine rings is 1. The van der Waals surface area contributed by atoms with Crippen molar-refractivity contribution in [3.63, 3.8) is 0 Å². The molecule has 3 aromatic carbocycles. The molecule has 0 unspecified atom stereocenters. The van der Waals surface area contributed by atoms with Crippen LogP contribution in [-0.2, 0) is 0 Å². The Kier molecular flexibility index (Phi) is 4.02. The van der Waals surface area contributed by atoms with Crippen LogP contribution in [-0.4, -0.2) is 17.2 Å². The average molecular weight is 348 g/mol. The summed E-state index contributed by atoms with van der Waals surface area (Å²) in [6.07, 6.45) is 6.34. The van der Waals surface area contributed by atoms with Crippen molar-refractivity contribution in [2.45, 2.75) is 12.8 Å². The van der Waals surface area contributed by atoms with E-state index in [-0.39, 0.29) is 0 Å². The molecule has 27 heavy (non-hydrogen) atoms. The van der Waals surface area contributed by atoms with Gasteiger partial charge in [0, 0.05) is 23.7 Å². The summed E-state index contributed by atoms with van der Waals surface area (Å²) >= 11 is 0. The maximum Gasteiger partial charge on any atom is 0.0702 e. The van der Waals surface area contributed by atoms with Crippen LogP contribution in [0.3, 0.4) is 0 Å². The Morgan fingerprint density at radius 1 is 0.815 bits per heavy atom. The van der Waals surface area contributed by atoms with Crippen molar-refractivity contribution in [2.24, 2.45) is 4.99 Å². The lowest BCUT2D eigenvalue weighted by Crippen LogP contribution is -2.11. The number of nitrogens with zero attached hydrogens (tertiary/aromatic N) is 2. The molecule has 0 spiro atoms. The quantitative estimate of drug-likeness (QED) is 0.432. The largest absolute Gasteiger partial charge is 0.284 e. The minimum absolute atomic E-state index is 0.896. The van der Waals surface area contributed by atoms with Gasteiger partial charge in [0.25, 0.3) is 0 Å². The van der Waals surface area contributed by atoms with E-state index in [0.29, 0.717) is 0 Å². The highest BCUT2D eigenvalue weighted by Gasteiger charge is 2.15. The molecule has 2 heterocycles. The van der Waals surface area contributed by atoms with E-state index in [0.717, 1.165) is 36.0 Å². The predicted molar refractivity (Wildman–Crippen MR) is 114 cm³/mol. The minimum atomic E-state index is 0.896. The molecule has 1 aromatic heterocycles. The summed E-state index contributed by atoms with van der Waals surface area (Å²) in [6, 6.07) is 25.6. The van der Waals surface area contributed by atoms with Gasteiger partial charge in [-0.1, -0.05) is 54.6 Å². The lowest BCUT2D eigenvalue weighted by molar-refractivity contribution is 0.818. The third-order valence-electron chi connectivity index (χ3n) is 5.21. The van der Waals surface area contributed by atoms with Crippen molar-refractivity contribution >= 4 is 33.5 Å². The third-order valence-corrected chi connectivity index (χ3v) is 5.21. The van der Waals surface area contributed by atoms with Crippen LogP contribution in [0.15, 0.2) is 89.6 Å². The van der Waals surface area contributed by atoms with Crippen molar-refractivity contribution in [2.75, 3.05) is 6.54 Å². The standard InChI is InChI=1S/C25H20N2/c1-2-11-23-18(6-1)7-3-8-19(23)16-21-10-5-15-27-25(21)22-12-13-24-20(17-22)9-4-14-26-24/h1-4,6-9,11-14,16-17H,5,10,15H2. The van der Waals surface area contributed by atoms with E-state index < -0.39 is 0 Å². The predicted octanol–water partition coefficient (Wildman–Crippen LogP) is 6.05. The molecule has 1 aliphatic rings. The van der Waals surface area contributed by atoms with E-state index in [2.05, 4.69) is 77.8 Å². The van der Waals surface area contributed by atoms with Crippen LogP contribution in [0.5, 0.6) is 0 Å². The SMILES string of the molecule is C(=C1CCCN=C1c1ccc2ncccc2c1)c1cccc2ccccc12. The molecule has 1 aliphatic heterocycles. The first-order chi connectivity index (χ1) is 13.4. The number of aliphatic imine (C=N–C) groups is 1. The van der Waals surface area contributed by atoms with Crippen molar-refractivity contribution in [1.29, 1.82) is 0 Å². The molecule has 4 aromatic rings. The minimum Gasteiger partial charge on any atom is -0.284 e. The van der Waals surface area contributed by atoms with Crippen molar-refractivity contribution in [3.05, 3.63) is 95.7 Å². The van der Waals surface area contributed by atoms with E-state index in [4.69, 9.17) is 4.99 Å². The molecule has 130 valence electrons. The van der Waals surface area contributed by atoms with E-state index in [1.807, 2.05) is 12.3 Å². The monoisotopic (exact) mass is 348 g/mol. The Balaban J connectivity index is 1.62. The van der Waals surface area contributed by atoms with Crippen LogP contribution in [0.4, 0.5) is 0 Å². The molecule has 0 fully saturated rings.